The minimum atomic E-state index is -0.537. The van der Waals surface area contributed by atoms with E-state index in [2.05, 4.69) is 26.8 Å². The van der Waals surface area contributed by atoms with Crippen molar-refractivity contribution < 1.29 is 19.1 Å². The zero-order chi connectivity index (χ0) is 22.2. The first-order valence-electron chi connectivity index (χ1n) is 9.34. The van der Waals surface area contributed by atoms with E-state index in [1.165, 1.54) is 12.2 Å². The molecule has 7 heteroatoms. The van der Waals surface area contributed by atoms with Crippen molar-refractivity contribution in [3.63, 3.8) is 0 Å². The third-order valence-corrected chi connectivity index (χ3v) is 4.76. The van der Waals surface area contributed by atoms with Gasteiger partial charge in [0.1, 0.15) is 5.75 Å². The first-order valence-corrected chi connectivity index (χ1v) is 10.1. The monoisotopic (exact) mass is 478 g/mol. The Balaban J connectivity index is 1.60. The van der Waals surface area contributed by atoms with E-state index in [0.717, 1.165) is 10.0 Å². The number of hydrogen-bond donors (Lipinski definition) is 2. The highest BCUT2D eigenvalue weighted by Gasteiger charge is 2.11. The van der Waals surface area contributed by atoms with Crippen LogP contribution in [0.25, 0.3) is 6.08 Å². The van der Waals surface area contributed by atoms with Gasteiger partial charge >= 0.3 is 5.97 Å². The Morgan fingerprint density at radius 3 is 2.19 bits per heavy atom. The summed E-state index contributed by atoms with van der Waals surface area (Å²) < 4.78 is 6.32. The van der Waals surface area contributed by atoms with Crippen molar-refractivity contribution in [3.05, 3.63) is 106 Å². The molecule has 0 atom stereocenters. The first kappa shape index (κ1) is 22.0. The van der Waals surface area contributed by atoms with E-state index in [9.17, 15) is 14.4 Å². The number of carbonyl (C=O) groups is 3. The van der Waals surface area contributed by atoms with Crippen molar-refractivity contribution >= 4 is 39.8 Å². The average molecular weight is 479 g/mol. The highest BCUT2D eigenvalue weighted by Crippen LogP contribution is 2.21. The molecule has 0 saturated carbocycles. The molecular weight excluding hydrogens is 460 g/mol. The van der Waals surface area contributed by atoms with E-state index >= 15 is 0 Å². The lowest BCUT2D eigenvalue weighted by Gasteiger charge is -2.08. The number of aryl methyl sites for hydroxylation is 1. The number of rotatable bonds is 5. The molecule has 0 radical (unpaired) electrons. The zero-order valence-electron chi connectivity index (χ0n) is 16.6. The molecule has 0 aliphatic heterocycles. The van der Waals surface area contributed by atoms with E-state index in [0.29, 0.717) is 22.4 Å². The van der Waals surface area contributed by atoms with Gasteiger partial charge in [-0.05, 0) is 55.5 Å². The summed E-state index contributed by atoms with van der Waals surface area (Å²) in [5.74, 6) is -1.16. The number of hydrogen-bond acceptors (Lipinski definition) is 4. The van der Waals surface area contributed by atoms with Crippen LogP contribution in [0.4, 0.5) is 0 Å². The van der Waals surface area contributed by atoms with Gasteiger partial charge < -0.3 is 4.74 Å². The van der Waals surface area contributed by atoms with Crippen molar-refractivity contribution in [2.75, 3.05) is 0 Å². The van der Waals surface area contributed by atoms with Crippen LogP contribution in [-0.2, 0) is 4.79 Å². The van der Waals surface area contributed by atoms with Crippen LogP contribution in [0, 0.1) is 6.92 Å². The van der Waals surface area contributed by atoms with Crippen molar-refractivity contribution in [2.24, 2.45) is 0 Å². The smallest absolute Gasteiger partial charge is 0.343 e. The predicted octanol–water partition coefficient (Wildman–Crippen LogP) is 4.45. The van der Waals surface area contributed by atoms with Gasteiger partial charge in [-0.3, -0.25) is 20.4 Å². The van der Waals surface area contributed by atoms with Crippen molar-refractivity contribution in [2.45, 2.75) is 6.92 Å². The van der Waals surface area contributed by atoms with E-state index < -0.39 is 17.8 Å². The largest absolute Gasteiger partial charge is 0.422 e. The molecule has 0 aliphatic rings. The molecule has 0 aromatic heterocycles. The summed E-state index contributed by atoms with van der Waals surface area (Å²) in [4.78, 5) is 36.5. The van der Waals surface area contributed by atoms with Crippen molar-refractivity contribution in [3.8, 4) is 5.75 Å². The van der Waals surface area contributed by atoms with Crippen LogP contribution in [-0.4, -0.2) is 17.8 Å². The molecule has 0 bridgehead atoms. The molecule has 0 aliphatic carbocycles. The molecule has 0 heterocycles. The number of ether oxygens (including phenoxy) is 1. The van der Waals surface area contributed by atoms with Gasteiger partial charge in [-0.15, -0.1) is 0 Å². The highest BCUT2D eigenvalue weighted by atomic mass is 79.9. The second kappa shape index (κ2) is 10.4. The number of carbonyl (C=O) groups excluding carboxylic acids is 3. The van der Waals surface area contributed by atoms with Crippen LogP contribution in [0.3, 0.4) is 0 Å². The van der Waals surface area contributed by atoms with Gasteiger partial charge in [0, 0.05) is 21.7 Å². The Morgan fingerprint density at radius 1 is 0.839 bits per heavy atom. The third kappa shape index (κ3) is 6.38. The van der Waals surface area contributed by atoms with E-state index in [1.807, 2.05) is 19.1 Å². The molecular formula is C24H19BrN2O4. The number of amides is 2. The summed E-state index contributed by atoms with van der Waals surface area (Å²) in [6.07, 6.45) is 2.74. The quantitative estimate of drug-likeness (QED) is 0.245. The van der Waals surface area contributed by atoms with Gasteiger partial charge in [0.05, 0.1) is 5.56 Å². The number of esters is 1. The van der Waals surface area contributed by atoms with Crippen LogP contribution >= 0.6 is 15.9 Å². The fraction of sp³-hybridized carbons (Fsp3) is 0.0417. The third-order valence-electron chi connectivity index (χ3n) is 4.23. The lowest BCUT2D eigenvalue weighted by molar-refractivity contribution is -0.117. The maximum Gasteiger partial charge on any atom is 0.343 e. The Labute approximate surface area is 188 Å². The fourth-order valence-corrected chi connectivity index (χ4v) is 2.82. The summed E-state index contributed by atoms with van der Waals surface area (Å²) >= 11 is 3.29. The molecule has 0 spiro atoms. The maximum absolute atomic E-state index is 12.4. The summed E-state index contributed by atoms with van der Waals surface area (Å²) in [5, 5.41) is 0. The molecule has 156 valence electrons. The Hall–Kier alpha value is -3.71. The van der Waals surface area contributed by atoms with E-state index in [1.54, 1.807) is 60.7 Å². The fourth-order valence-electron chi connectivity index (χ4n) is 2.56. The molecule has 0 saturated heterocycles. The highest BCUT2D eigenvalue weighted by molar-refractivity contribution is 9.10. The Bertz CT molecular complexity index is 1120. The van der Waals surface area contributed by atoms with Gasteiger partial charge in [-0.25, -0.2) is 4.79 Å². The van der Waals surface area contributed by atoms with Crippen LogP contribution in [0.15, 0.2) is 83.3 Å². The van der Waals surface area contributed by atoms with Gasteiger partial charge in [0.15, 0.2) is 0 Å². The molecule has 6 nitrogen and oxygen atoms in total. The van der Waals surface area contributed by atoms with Gasteiger partial charge in [0.25, 0.3) is 11.8 Å². The minimum absolute atomic E-state index is 0.316. The lowest BCUT2D eigenvalue weighted by Crippen LogP contribution is -2.40. The number of benzene rings is 3. The molecule has 31 heavy (non-hydrogen) atoms. The van der Waals surface area contributed by atoms with Gasteiger partial charge in [-0.1, -0.05) is 51.8 Å². The van der Waals surface area contributed by atoms with Crippen molar-refractivity contribution in [1.29, 1.82) is 0 Å². The SMILES string of the molecule is Cc1ccc(C(=O)Oc2ccccc2/C=C/C(=O)NNC(=O)c2ccc(Br)cc2)cc1. The topological polar surface area (TPSA) is 84.5 Å². The molecule has 3 aromatic rings. The molecule has 2 amide bonds. The number of hydrazine groups is 1. The molecule has 3 rings (SSSR count). The van der Waals surface area contributed by atoms with E-state index in [4.69, 9.17) is 4.74 Å². The first-order chi connectivity index (χ1) is 14.9. The van der Waals surface area contributed by atoms with Crippen LogP contribution in [0.5, 0.6) is 5.75 Å². The molecule has 3 aromatic carbocycles. The Kier molecular flexibility index (Phi) is 7.35. The summed E-state index contributed by atoms with van der Waals surface area (Å²) in [5.41, 5.74) is 7.06. The average Bonchev–Trinajstić information content (AvgIpc) is 2.77. The number of para-hydroxylation sites is 1. The molecule has 2 N–H and O–H groups in total. The van der Waals surface area contributed by atoms with Crippen LogP contribution in [0.2, 0.25) is 0 Å². The van der Waals surface area contributed by atoms with E-state index in [-0.39, 0.29) is 0 Å². The Morgan fingerprint density at radius 2 is 1.48 bits per heavy atom. The second-order valence-corrected chi connectivity index (χ2v) is 7.49. The standard InChI is InChI=1S/C24H19BrN2O4/c1-16-6-8-19(9-7-16)24(30)31-21-5-3-2-4-17(21)12-15-22(28)26-27-23(29)18-10-13-20(25)14-11-18/h2-15H,1H3,(H,26,28)(H,27,29)/b15-12+. The molecule has 0 unspecified atom stereocenters. The van der Waals surface area contributed by atoms with Crippen LogP contribution < -0.4 is 15.6 Å². The summed E-state index contributed by atoms with van der Waals surface area (Å²) in [7, 11) is 0. The minimum Gasteiger partial charge on any atom is -0.422 e. The molecule has 0 fully saturated rings. The number of nitrogens with one attached hydrogen (secondary N) is 2. The zero-order valence-corrected chi connectivity index (χ0v) is 18.2. The van der Waals surface area contributed by atoms with Crippen molar-refractivity contribution in [1.82, 2.24) is 10.9 Å². The lowest BCUT2D eigenvalue weighted by atomic mass is 10.1. The second-order valence-electron chi connectivity index (χ2n) is 6.58. The van der Waals surface area contributed by atoms with Crippen LogP contribution in [0.1, 0.15) is 31.8 Å². The van der Waals surface area contributed by atoms with Gasteiger partial charge in [0.2, 0.25) is 0 Å². The van der Waals surface area contributed by atoms with Gasteiger partial charge in [-0.2, -0.15) is 0 Å². The number of halogens is 1. The normalized spacial score (nSPS) is 10.5. The summed E-state index contributed by atoms with van der Waals surface area (Å²) in [6, 6.07) is 20.6. The summed E-state index contributed by atoms with van der Waals surface area (Å²) in [6.45, 7) is 1.93. The maximum atomic E-state index is 12.4. The predicted molar refractivity (Wildman–Crippen MR) is 121 cm³/mol.